The third-order valence-electron chi connectivity index (χ3n) is 4.61. The molecule has 21 heavy (non-hydrogen) atoms. The van der Waals surface area contributed by atoms with Crippen LogP contribution < -0.4 is 5.32 Å². The smallest absolute Gasteiger partial charge is 0.123 e. The minimum Gasteiger partial charge on any atom is -0.316 e. The molecule has 1 aromatic rings. The predicted octanol–water partition coefficient (Wildman–Crippen LogP) is 5.26. The molecule has 1 N–H and O–H groups in total. The molecule has 0 bridgehead atoms. The first-order valence-corrected chi connectivity index (χ1v) is 8.52. The summed E-state index contributed by atoms with van der Waals surface area (Å²) in [4.78, 5) is 0. The summed E-state index contributed by atoms with van der Waals surface area (Å²) in [7, 11) is 0. The van der Waals surface area contributed by atoms with Crippen molar-refractivity contribution < 1.29 is 4.39 Å². The van der Waals surface area contributed by atoms with Gasteiger partial charge in [-0.15, -0.1) is 0 Å². The molecule has 0 fully saturated rings. The summed E-state index contributed by atoms with van der Waals surface area (Å²) in [6, 6.07) is 5.23. The van der Waals surface area contributed by atoms with Gasteiger partial charge in [-0.05, 0) is 67.8 Å². The minimum absolute atomic E-state index is 0.129. The fraction of sp³-hybridized carbons (Fsp3) is 0.684. The Morgan fingerprint density at radius 3 is 2.48 bits per heavy atom. The molecular formula is C19H32FN. The van der Waals surface area contributed by atoms with Crippen molar-refractivity contribution in [2.75, 3.05) is 13.1 Å². The van der Waals surface area contributed by atoms with Gasteiger partial charge in [-0.25, -0.2) is 4.39 Å². The van der Waals surface area contributed by atoms with E-state index in [4.69, 9.17) is 0 Å². The van der Waals surface area contributed by atoms with Gasteiger partial charge in [0.05, 0.1) is 0 Å². The van der Waals surface area contributed by atoms with Crippen molar-refractivity contribution in [1.82, 2.24) is 5.32 Å². The lowest BCUT2D eigenvalue weighted by Gasteiger charge is -2.34. The van der Waals surface area contributed by atoms with Gasteiger partial charge in [0.15, 0.2) is 0 Å². The Labute approximate surface area is 130 Å². The molecule has 0 aliphatic carbocycles. The van der Waals surface area contributed by atoms with Crippen molar-refractivity contribution in [3.05, 3.63) is 35.1 Å². The molecule has 0 heterocycles. The Balaban J connectivity index is 2.87. The fourth-order valence-corrected chi connectivity index (χ4v) is 3.01. The summed E-state index contributed by atoms with van der Waals surface area (Å²) in [5.74, 6) is -0.129. The fourth-order valence-electron chi connectivity index (χ4n) is 3.01. The van der Waals surface area contributed by atoms with E-state index in [1.54, 1.807) is 12.1 Å². The Kier molecular flexibility index (Phi) is 7.95. The normalized spacial score (nSPS) is 14.1. The third-order valence-corrected chi connectivity index (χ3v) is 4.61. The lowest BCUT2D eigenvalue weighted by Crippen LogP contribution is -2.36. The maximum atomic E-state index is 13.3. The number of nitrogens with one attached hydrogen (secondary N) is 1. The average Bonchev–Trinajstić information content (AvgIpc) is 2.47. The van der Waals surface area contributed by atoms with Crippen LogP contribution in [0.2, 0.25) is 0 Å². The van der Waals surface area contributed by atoms with Crippen LogP contribution in [0, 0.1) is 18.2 Å². The molecule has 0 saturated carbocycles. The summed E-state index contributed by atoms with van der Waals surface area (Å²) in [6.45, 7) is 10.9. The molecule has 0 aliphatic heterocycles. The van der Waals surface area contributed by atoms with Crippen LogP contribution in [-0.2, 0) is 6.42 Å². The first kappa shape index (κ1) is 18.2. The average molecular weight is 293 g/mol. The molecule has 1 aromatic carbocycles. The monoisotopic (exact) mass is 293 g/mol. The van der Waals surface area contributed by atoms with Gasteiger partial charge in [-0.2, -0.15) is 0 Å². The van der Waals surface area contributed by atoms with Crippen LogP contribution in [0.3, 0.4) is 0 Å². The topological polar surface area (TPSA) is 12.0 Å². The van der Waals surface area contributed by atoms with E-state index in [0.717, 1.165) is 25.1 Å². The van der Waals surface area contributed by atoms with E-state index in [1.807, 2.05) is 13.0 Å². The lowest BCUT2D eigenvalue weighted by molar-refractivity contribution is 0.229. The highest BCUT2D eigenvalue weighted by molar-refractivity contribution is 5.27. The number of halogens is 1. The van der Waals surface area contributed by atoms with E-state index in [0.29, 0.717) is 5.41 Å². The zero-order chi connectivity index (χ0) is 15.7. The largest absolute Gasteiger partial charge is 0.316 e. The first-order valence-electron chi connectivity index (χ1n) is 8.52. The van der Waals surface area contributed by atoms with Crippen molar-refractivity contribution in [2.24, 2.45) is 5.41 Å². The number of benzene rings is 1. The van der Waals surface area contributed by atoms with E-state index >= 15 is 0 Å². The lowest BCUT2D eigenvalue weighted by atomic mass is 9.74. The molecule has 0 radical (unpaired) electrons. The Hall–Kier alpha value is -0.890. The summed E-state index contributed by atoms with van der Waals surface area (Å²) in [5.41, 5.74) is 2.68. The van der Waals surface area contributed by atoms with E-state index < -0.39 is 0 Å². The molecule has 0 saturated heterocycles. The van der Waals surface area contributed by atoms with Crippen LogP contribution >= 0.6 is 0 Å². The molecular weight excluding hydrogens is 261 g/mol. The van der Waals surface area contributed by atoms with Crippen molar-refractivity contribution in [2.45, 2.75) is 66.2 Å². The number of hydrogen-bond donors (Lipinski definition) is 1. The number of aryl methyl sites for hydroxylation is 1. The van der Waals surface area contributed by atoms with E-state index in [-0.39, 0.29) is 5.82 Å². The summed E-state index contributed by atoms with van der Waals surface area (Å²) in [5, 5.41) is 3.61. The van der Waals surface area contributed by atoms with Crippen molar-refractivity contribution >= 4 is 0 Å². The van der Waals surface area contributed by atoms with Gasteiger partial charge in [0.25, 0.3) is 0 Å². The predicted molar refractivity (Wildman–Crippen MR) is 90.3 cm³/mol. The van der Waals surface area contributed by atoms with E-state index in [1.165, 1.54) is 37.7 Å². The van der Waals surface area contributed by atoms with Gasteiger partial charge in [-0.3, -0.25) is 0 Å². The van der Waals surface area contributed by atoms with E-state index in [2.05, 4.69) is 26.1 Å². The van der Waals surface area contributed by atoms with Crippen molar-refractivity contribution in [1.29, 1.82) is 0 Å². The maximum Gasteiger partial charge on any atom is 0.123 e. The van der Waals surface area contributed by atoms with Gasteiger partial charge in [-0.1, -0.05) is 39.7 Å². The summed E-state index contributed by atoms with van der Waals surface area (Å²) in [6.07, 6.45) is 7.13. The molecule has 0 aliphatic rings. The zero-order valence-corrected chi connectivity index (χ0v) is 14.3. The highest BCUT2D eigenvalue weighted by Gasteiger charge is 2.28. The molecule has 1 rings (SSSR count). The van der Waals surface area contributed by atoms with Crippen LogP contribution in [0.5, 0.6) is 0 Å². The van der Waals surface area contributed by atoms with Crippen LogP contribution in [0.4, 0.5) is 4.39 Å². The van der Waals surface area contributed by atoms with Crippen LogP contribution in [0.1, 0.15) is 64.0 Å². The number of unbranched alkanes of at least 4 members (excludes halogenated alkanes) is 1. The molecule has 1 unspecified atom stereocenters. The highest BCUT2D eigenvalue weighted by atomic mass is 19.1. The molecule has 0 spiro atoms. The van der Waals surface area contributed by atoms with Crippen molar-refractivity contribution in [3.63, 3.8) is 0 Å². The highest BCUT2D eigenvalue weighted by Crippen LogP contribution is 2.33. The van der Waals surface area contributed by atoms with Gasteiger partial charge < -0.3 is 5.32 Å². The van der Waals surface area contributed by atoms with E-state index in [9.17, 15) is 4.39 Å². The Bertz CT molecular complexity index is 416. The van der Waals surface area contributed by atoms with Gasteiger partial charge in [0, 0.05) is 6.54 Å². The van der Waals surface area contributed by atoms with Gasteiger partial charge in [0.2, 0.25) is 0 Å². The minimum atomic E-state index is -0.129. The van der Waals surface area contributed by atoms with Crippen molar-refractivity contribution in [3.8, 4) is 0 Å². The second-order valence-electron chi connectivity index (χ2n) is 6.38. The van der Waals surface area contributed by atoms with Crippen LogP contribution in [-0.4, -0.2) is 13.1 Å². The molecule has 1 atom stereocenters. The Morgan fingerprint density at radius 1 is 1.14 bits per heavy atom. The quantitative estimate of drug-likeness (QED) is 0.580. The molecule has 2 heteroatoms. The van der Waals surface area contributed by atoms with Crippen LogP contribution in [0.25, 0.3) is 0 Å². The standard InChI is InChI=1S/C19H32FN/c1-5-8-11-19(7-3,15-21-12-6-2)14-17-9-10-18(20)13-16(17)4/h9-10,13,21H,5-8,11-12,14-15H2,1-4H3. The van der Waals surface area contributed by atoms with Gasteiger partial charge in [0.1, 0.15) is 5.82 Å². The SMILES string of the molecule is CCCCC(CC)(CNCCC)Cc1ccc(F)cc1C. The maximum absolute atomic E-state index is 13.3. The third kappa shape index (κ3) is 5.78. The van der Waals surface area contributed by atoms with Gasteiger partial charge >= 0.3 is 0 Å². The number of rotatable bonds is 10. The zero-order valence-electron chi connectivity index (χ0n) is 14.3. The first-order chi connectivity index (χ1) is 10.1. The Morgan fingerprint density at radius 2 is 1.90 bits per heavy atom. The molecule has 120 valence electrons. The number of hydrogen-bond acceptors (Lipinski definition) is 1. The second kappa shape index (κ2) is 9.19. The second-order valence-corrected chi connectivity index (χ2v) is 6.38. The molecule has 0 aromatic heterocycles. The molecule has 0 amide bonds. The summed E-state index contributed by atoms with van der Waals surface area (Å²) < 4.78 is 13.3. The molecule has 1 nitrogen and oxygen atoms in total. The van der Waals surface area contributed by atoms with Crippen LogP contribution in [0.15, 0.2) is 18.2 Å². The summed E-state index contributed by atoms with van der Waals surface area (Å²) >= 11 is 0.